The van der Waals surface area contributed by atoms with Gasteiger partial charge in [0.1, 0.15) is 0 Å². The van der Waals surface area contributed by atoms with Gasteiger partial charge in [-0.3, -0.25) is 0 Å². The van der Waals surface area contributed by atoms with Gasteiger partial charge in [-0.2, -0.15) is 0 Å². The Morgan fingerprint density at radius 1 is 1.26 bits per heavy atom. The third kappa shape index (κ3) is 4.40. The van der Waals surface area contributed by atoms with E-state index in [1.807, 2.05) is 31.8 Å². The minimum Gasteiger partial charge on any atom is -0.382 e. The molecule has 104 valence electrons. The third-order valence-corrected chi connectivity index (χ3v) is 2.83. The van der Waals surface area contributed by atoms with Crippen LogP contribution in [-0.4, -0.2) is 38.9 Å². The lowest BCUT2D eigenvalue weighted by Crippen LogP contribution is -2.12. The van der Waals surface area contributed by atoms with E-state index < -0.39 is 0 Å². The van der Waals surface area contributed by atoms with Crippen LogP contribution >= 0.6 is 0 Å². The second-order valence-electron chi connectivity index (χ2n) is 4.22. The van der Waals surface area contributed by atoms with Crippen LogP contribution < -0.4 is 5.32 Å². The van der Waals surface area contributed by atoms with Crippen LogP contribution in [0.25, 0.3) is 0 Å². The third-order valence-electron chi connectivity index (χ3n) is 2.83. The largest absolute Gasteiger partial charge is 0.382 e. The van der Waals surface area contributed by atoms with E-state index in [0.717, 1.165) is 45.2 Å². The summed E-state index contributed by atoms with van der Waals surface area (Å²) in [4.78, 5) is 8.35. The highest BCUT2D eigenvalue weighted by atomic mass is 16.5. The van der Waals surface area contributed by atoms with E-state index in [1.54, 1.807) is 6.20 Å². The van der Waals surface area contributed by atoms with Gasteiger partial charge in [-0.1, -0.05) is 0 Å². The maximum atomic E-state index is 5.30. The van der Waals surface area contributed by atoms with Crippen LogP contribution in [0, 0.1) is 0 Å². The zero-order valence-electron chi connectivity index (χ0n) is 11.3. The predicted octanol–water partition coefficient (Wildman–Crippen LogP) is 1.62. The lowest BCUT2D eigenvalue weighted by atomic mass is 10.4. The molecule has 2 heterocycles. The fourth-order valence-corrected chi connectivity index (χ4v) is 1.82. The van der Waals surface area contributed by atoms with Crippen molar-refractivity contribution in [2.24, 2.45) is 0 Å². The fraction of sp³-hybridized carbons (Fsp3) is 0.538. The van der Waals surface area contributed by atoms with Gasteiger partial charge in [-0.25, -0.2) is 9.97 Å². The Morgan fingerprint density at radius 3 is 3.00 bits per heavy atom. The zero-order chi connectivity index (χ0) is 13.3. The van der Waals surface area contributed by atoms with Gasteiger partial charge in [-0.05, 0) is 13.3 Å². The molecule has 0 bridgehead atoms. The van der Waals surface area contributed by atoms with Crippen molar-refractivity contribution in [3.05, 3.63) is 31.1 Å². The fourth-order valence-electron chi connectivity index (χ4n) is 1.82. The van der Waals surface area contributed by atoms with Crippen molar-refractivity contribution in [2.45, 2.75) is 26.4 Å². The lowest BCUT2D eigenvalue weighted by Gasteiger charge is -2.10. The van der Waals surface area contributed by atoms with Crippen molar-refractivity contribution in [3.8, 4) is 0 Å². The molecule has 0 atom stereocenters. The molecule has 0 aliphatic heterocycles. The Bertz CT molecular complexity index is 451. The van der Waals surface area contributed by atoms with Crippen LogP contribution in [0.15, 0.2) is 31.1 Å². The molecule has 0 radical (unpaired) electrons. The van der Waals surface area contributed by atoms with Gasteiger partial charge in [0.2, 0.25) is 5.95 Å². The van der Waals surface area contributed by atoms with Crippen molar-refractivity contribution in [2.75, 3.05) is 25.1 Å². The van der Waals surface area contributed by atoms with Crippen molar-refractivity contribution < 1.29 is 4.74 Å². The summed E-state index contributed by atoms with van der Waals surface area (Å²) in [6.45, 7) is 6.23. The number of hydrogen-bond donors (Lipinski definition) is 1. The summed E-state index contributed by atoms with van der Waals surface area (Å²) in [7, 11) is 0. The average Bonchev–Trinajstić information content (AvgIpc) is 3.07. The molecular weight excluding hydrogens is 242 g/mol. The average molecular weight is 263 g/mol. The monoisotopic (exact) mass is 263 g/mol. The minimum absolute atomic E-state index is 0.777. The number of imidazole rings is 2. The number of aromatic nitrogens is 4. The summed E-state index contributed by atoms with van der Waals surface area (Å²) in [6.07, 6.45) is 10.4. The lowest BCUT2D eigenvalue weighted by molar-refractivity contribution is 0.147. The van der Waals surface area contributed by atoms with Crippen LogP contribution in [0.5, 0.6) is 0 Å². The molecule has 0 unspecified atom stereocenters. The Balaban J connectivity index is 1.74. The Hall–Kier alpha value is -1.82. The van der Waals surface area contributed by atoms with Crippen molar-refractivity contribution in [3.63, 3.8) is 0 Å². The van der Waals surface area contributed by atoms with Gasteiger partial charge in [-0.15, -0.1) is 0 Å². The van der Waals surface area contributed by atoms with Gasteiger partial charge in [0.15, 0.2) is 0 Å². The molecule has 0 amide bonds. The molecule has 2 aromatic heterocycles. The second kappa shape index (κ2) is 7.58. The molecule has 2 aromatic rings. The molecule has 1 N–H and O–H groups in total. The van der Waals surface area contributed by atoms with Gasteiger partial charge >= 0.3 is 0 Å². The molecule has 0 aliphatic carbocycles. The minimum atomic E-state index is 0.777. The summed E-state index contributed by atoms with van der Waals surface area (Å²) in [5, 5.41) is 3.33. The highest BCUT2D eigenvalue weighted by Gasteiger charge is 2.01. The van der Waals surface area contributed by atoms with E-state index in [2.05, 4.69) is 24.4 Å². The molecule has 0 saturated heterocycles. The van der Waals surface area contributed by atoms with Crippen molar-refractivity contribution >= 4 is 5.95 Å². The van der Waals surface area contributed by atoms with Crippen LogP contribution in [0.2, 0.25) is 0 Å². The molecule has 0 saturated carbocycles. The number of rotatable bonds is 9. The standard InChI is InChI=1S/C13H21N5O/c1-2-19-11-3-4-15-13-16-6-8-18(13)10-9-17-7-5-14-12-17/h5-8,12H,2-4,9-11H2,1H3,(H,15,16). The SMILES string of the molecule is CCOCCCNc1nccn1CCn1ccnc1. The van der Waals surface area contributed by atoms with E-state index >= 15 is 0 Å². The molecule has 0 aromatic carbocycles. The maximum Gasteiger partial charge on any atom is 0.202 e. The van der Waals surface area contributed by atoms with E-state index in [-0.39, 0.29) is 0 Å². The Kier molecular flexibility index (Phi) is 5.43. The highest BCUT2D eigenvalue weighted by Crippen LogP contribution is 2.05. The van der Waals surface area contributed by atoms with E-state index in [4.69, 9.17) is 4.74 Å². The number of nitrogens with one attached hydrogen (secondary N) is 1. The molecular formula is C13H21N5O. The molecule has 19 heavy (non-hydrogen) atoms. The quantitative estimate of drug-likeness (QED) is 0.698. The summed E-state index contributed by atoms with van der Waals surface area (Å²) < 4.78 is 9.47. The zero-order valence-corrected chi connectivity index (χ0v) is 11.3. The normalized spacial score (nSPS) is 10.8. The number of hydrogen-bond acceptors (Lipinski definition) is 4. The predicted molar refractivity (Wildman–Crippen MR) is 74.1 cm³/mol. The molecule has 0 fully saturated rings. The first-order chi connectivity index (χ1) is 9.40. The first-order valence-electron chi connectivity index (χ1n) is 6.68. The molecule has 0 spiro atoms. The van der Waals surface area contributed by atoms with Crippen LogP contribution in [0.3, 0.4) is 0 Å². The topological polar surface area (TPSA) is 56.9 Å². The number of anilines is 1. The van der Waals surface area contributed by atoms with E-state index in [9.17, 15) is 0 Å². The second-order valence-corrected chi connectivity index (χ2v) is 4.22. The Labute approximate surface area is 113 Å². The summed E-state index contributed by atoms with van der Waals surface area (Å²) in [6, 6.07) is 0. The van der Waals surface area contributed by atoms with Gasteiger partial charge in [0, 0.05) is 57.6 Å². The Morgan fingerprint density at radius 2 is 2.21 bits per heavy atom. The number of ether oxygens (including phenoxy) is 1. The van der Waals surface area contributed by atoms with Crippen molar-refractivity contribution in [1.29, 1.82) is 0 Å². The number of nitrogens with zero attached hydrogens (tertiary/aromatic N) is 4. The molecule has 0 aliphatic rings. The summed E-state index contributed by atoms with van der Waals surface area (Å²) >= 11 is 0. The molecule has 6 nitrogen and oxygen atoms in total. The highest BCUT2D eigenvalue weighted by molar-refractivity contribution is 5.25. The van der Waals surface area contributed by atoms with Gasteiger partial charge in [0.05, 0.1) is 6.33 Å². The van der Waals surface area contributed by atoms with Crippen molar-refractivity contribution in [1.82, 2.24) is 19.1 Å². The smallest absolute Gasteiger partial charge is 0.202 e. The maximum absolute atomic E-state index is 5.30. The van der Waals surface area contributed by atoms with Gasteiger partial charge in [0.25, 0.3) is 0 Å². The first kappa shape index (κ1) is 13.6. The summed E-state index contributed by atoms with van der Waals surface area (Å²) in [5.41, 5.74) is 0. The summed E-state index contributed by atoms with van der Waals surface area (Å²) in [5.74, 6) is 0.914. The van der Waals surface area contributed by atoms with E-state index in [1.165, 1.54) is 0 Å². The van der Waals surface area contributed by atoms with E-state index in [0.29, 0.717) is 0 Å². The number of aryl methyl sites for hydroxylation is 2. The van der Waals surface area contributed by atoms with Crippen LogP contribution in [0.1, 0.15) is 13.3 Å². The molecule has 2 rings (SSSR count). The van der Waals surface area contributed by atoms with Crippen LogP contribution in [-0.2, 0) is 17.8 Å². The van der Waals surface area contributed by atoms with Crippen LogP contribution in [0.4, 0.5) is 5.95 Å². The molecule has 6 heteroatoms. The first-order valence-corrected chi connectivity index (χ1v) is 6.68. The van der Waals surface area contributed by atoms with Gasteiger partial charge < -0.3 is 19.2 Å².